The van der Waals surface area contributed by atoms with Crippen molar-refractivity contribution in [3.8, 4) is 5.69 Å². The molecular weight excluding hydrogens is 445 g/mol. The number of aromatic nitrogens is 2. The van der Waals surface area contributed by atoms with Crippen LogP contribution in [0.15, 0.2) is 54.6 Å². The van der Waals surface area contributed by atoms with Crippen LogP contribution in [0.1, 0.15) is 34.5 Å². The molecular formula is C25H25F3N4O2. The Balaban J connectivity index is 1.45. The first-order valence-electron chi connectivity index (χ1n) is 10.9. The molecule has 9 heteroatoms. The smallest absolute Gasteiger partial charge is 0.352 e. The summed E-state index contributed by atoms with van der Waals surface area (Å²) < 4.78 is 42.8. The number of nitrogens with zero attached hydrogens (tertiary/aromatic N) is 3. The molecule has 2 heterocycles. The number of benzene rings is 2. The van der Waals surface area contributed by atoms with E-state index < -0.39 is 23.6 Å². The fraction of sp³-hybridized carbons (Fsp3) is 0.320. The average Bonchev–Trinajstić information content (AvgIpc) is 3.33. The molecule has 1 aliphatic rings. The van der Waals surface area contributed by atoms with Gasteiger partial charge in [-0.05, 0) is 43.2 Å². The Morgan fingerprint density at radius 1 is 1.12 bits per heavy atom. The normalized spacial score (nSPS) is 16.2. The van der Waals surface area contributed by atoms with Crippen molar-refractivity contribution >= 4 is 11.8 Å². The van der Waals surface area contributed by atoms with E-state index in [0.717, 1.165) is 17.3 Å². The number of halogens is 3. The molecule has 1 aliphatic heterocycles. The van der Waals surface area contributed by atoms with Gasteiger partial charge in [0.2, 0.25) is 11.8 Å². The third-order valence-electron chi connectivity index (χ3n) is 5.91. The van der Waals surface area contributed by atoms with Crippen LogP contribution in [0.2, 0.25) is 0 Å². The second kappa shape index (κ2) is 9.32. The molecule has 1 atom stereocenters. The summed E-state index contributed by atoms with van der Waals surface area (Å²) in [5, 5.41) is 6.84. The summed E-state index contributed by atoms with van der Waals surface area (Å²) in [5.41, 5.74) is 1.80. The Morgan fingerprint density at radius 2 is 1.85 bits per heavy atom. The fourth-order valence-corrected chi connectivity index (χ4v) is 4.24. The van der Waals surface area contributed by atoms with Gasteiger partial charge in [0.05, 0.1) is 22.9 Å². The Morgan fingerprint density at radius 3 is 2.50 bits per heavy atom. The molecule has 2 amide bonds. The molecule has 0 radical (unpaired) electrons. The molecule has 34 heavy (non-hydrogen) atoms. The molecule has 0 bridgehead atoms. The molecule has 1 saturated heterocycles. The number of nitrogens with one attached hydrogen (secondary N) is 1. The number of carbonyl (C=O) groups is 2. The van der Waals surface area contributed by atoms with Crippen molar-refractivity contribution in [3.05, 3.63) is 82.7 Å². The van der Waals surface area contributed by atoms with Crippen molar-refractivity contribution in [2.24, 2.45) is 5.92 Å². The van der Waals surface area contributed by atoms with E-state index in [1.165, 1.54) is 10.7 Å². The molecule has 1 unspecified atom stereocenters. The monoisotopic (exact) mass is 470 g/mol. The van der Waals surface area contributed by atoms with Crippen molar-refractivity contribution in [1.29, 1.82) is 0 Å². The van der Waals surface area contributed by atoms with Crippen LogP contribution in [0, 0.1) is 19.8 Å². The molecule has 0 aliphatic carbocycles. The van der Waals surface area contributed by atoms with Crippen molar-refractivity contribution in [1.82, 2.24) is 20.0 Å². The average molecular weight is 470 g/mol. The zero-order valence-corrected chi connectivity index (χ0v) is 18.9. The van der Waals surface area contributed by atoms with Gasteiger partial charge in [0.15, 0.2) is 0 Å². The summed E-state index contributed by atoms with van der Waals surface area (Å²) >= 11 is 0. The number of alkyl halides is 3. The van der Waals surface area contributed by atoms with Crippen LogP contribution in [0.4, 0.5) is 13.2 Å². The molecule has 0 spiro atoms. The molecule has 3 aromatic rings. The van der Waals surface area contributed by atoms with E-state index in [2.05, 4.69) is 10.4 Å². The highest BCUT2D eigenvalue weighted by molar-refractivity contribution is 5.89. The zero-order chi connectivity index (χ0) is 24.5. The van der Waals surface area contributed by atoms with Gasteiger partial charge in [-0.15, -0.1) is 0 Å². The Bertz CT molecular complexity index is 1200. The summed E-state index contributed by atoms with van der Waals surface area (Å²) in [6.07, 6.45) is -4.55. The van der Waals surface area contributed by atoms with Gasteiger partial charge in [0, 0.05) is 31.7 Å². The van der Waals surface area contributed by atoms with Gasteiger partial charge < -0.3 is 10.2 Å². The standard InChI is InChI=1S/C25H25F3N4O2/c1-16-10-17(2)32(30-16)21-9-8-19(22(12-21)25(26,27)28)13-29-24(34)20-11-23(33)31(15-20)14-18-6-4-3-5-7-18/h3-10,12,20H,11,13-15H2,1-2H3,(H,29,34). The zero-order valence-electron chi connectivity index (χ0n) is 18.9. The number of likely N-dealkylation sites (tertiary alicyclic amines) is 1. The Labute approximate surface area is 195 Å². The number of rotatable bonds is 6. The summed E-state index contributed by atoms with van der Waals surface area (Å²) in [6, 6.07) is 15.2. The number of hydrogen-bond donors (Lipinski definition) is 1. The van der Waals surface area contributed by atoms with E-state index in [1.54, 1.807) is 30.9 Å². The van der Waals surface area contributed by atoms with E-state index >= 15 is 0 Å². The summed E-state index contributed by atoms with van der Waals surface area (Å²) in [4.78, 5) is 26.6. The van der Waals surface area contributed by atoms with Crippen LogP contribution in [0.5, 0.6) is 0 Å². The number of amides is 2. The lowest BCUT2D eigenvalue weighted by Gasteiger charge is -2.18. The number of carbonyl (C=O) groups excluding carboxylic acids is 2. The van der Waals surface area contributed by atoms with Crippen LogP contribution in [-0.2, 0) is 28.9 Å². The highest BCUT2D eigenvalue weighted by atomic mass is 19.4. The lowest BCUT2D eigenvalue weighted by Crippen LogP contribution is -2.33. The van der Waals surface area contributed by atoms with Gasteiger partial charge in [-0.25, -0.2) is 4.68 Å². The minimum absolute atomic E-state index is 0.0433. The topological polar surface area (TPSA) is 67.2 Å². The maximum absolute atomic E-state index is 13.8. The lowest BCUT2D eigenvalue weighted by molar-refractivity contribution is -0.138. The summed E-state index contributed by atoms with van der Waals surface area (Å²) in [5.74, 6) is -1.17. The van der Waals surface area contributed by atoms with E-state index in [1.807, 2.05) is 30.3 Å². The van der Waals surface area contributed by atoms with Crippen LogP contribution in [0.25, 0.3) is 5.69 Å². The van der Waals surface area contributed by atoms with E-state index in [0.29, 0.717) is 17.9 Å². The molecule has 178 valence electrons. The molecule has 2 aromatic carbocycles. The maximum Gasteiger partial charge on any atom is 0.416 e. The van der Waals surface area contributed by atoms with Crippen molar-refractivity contribution in [3.63, 3.8) is 0 Å². The van der Waals surface area contributed by atoms with E-state index in [-0.39, 0.29) is 31.0 Å². The van der Waals surface area contributed by atoms with Gasteiger partial charge in [-0.2, -0.15) is 18.3 Å². The lowest BCUT2D eigenvalue weighted by atomic mass is 10.0. The Kier molecular flexibility index (Phi) is 6.45. The summed E-state index contributed by atoms with van der Waals surface area (Å²) in [7, 11) is 0. The third-order valence-corrected chi connectivity index (χ3v) is 5.91. The van der Waals surface area contributed by atoms with Crippen LogP contribution in [-0.4, -0.2) is 33.0 Å². The summed E-state index contributed by atoms with van der Waals surface area (Å²) in [6.45, 7) is 3.89. The van der Waals surface area contributed by atoms with Crippen LogP contribution in [0.3, 0.4) is 0 Å². The van der Waals surface area contributed by atoms with E-state index in [4.69, 9.17) is 0 Å². The predicted molar refractivity (Wildman–Crippen MR) is 120 cm³/mol. The van der Waals surface area contributed by atoms with Crippen molar-refractivity contribution in [2.45, 2.75) is 39.5 Å². The maximum atomic E-state index is 13.8. The second-order valence-corrected chi connectivity index (χ2v) is 8.56. The predicted octanol–water partition coefficient (Wildman–Crippen LogP) is 4.17. The highest BCUT2D eigenvalue weighted by Crippen LogP contribution is 2.34. The van der Waals surface area contributed by atoms with Crippen molar-refractivity contribution < 1.29 is 22.8 Å². The SMILES string of the molecule is Cc1cc(C)n(-c2ccc(CNC(=O)C3CC(=O)N(Cc4ccccc4)C3)c(C(F)(F)F)c2)n1. The number of hydrogen-bond acceptors (Lipinski definition) is 3. The molecule has 6 nitrogen and oxygen atoms in total. The van der Waals surface area contributed by atoms with Crippen molar-refractivity contribution in [2.75, 3.05) is 6.54 Å². The van der Waals surface area contributed by atoms with Gasteiger partial charge in [0.25, 0.3) is 0 Å². The first-order valence-corrected chi connectivity index (χ1v) is 10.9. The highest BCUT2D eigenvalue weighted by Gasteiger charge is 2.36. The van der Waals surface area contributed by atoms with Crippen LogP contribution >= 0.6 is 0 Å². The van der Waals surface area contributed by atoms with E-state index in [9.17, 15) is 22.8 Å². The van der Waals surface area contributed by atoms with Gasteiger partial charge in [-0.1, -0.05) is 36.4 Å². The fourth-order valence-electron chi connectivity index (χ4n) is 4.24. The molecule has 1 N–H and O–H groups in total. The minimum atomic E-state index is -4.60. The minimum Gasteiger partial charge on any atom is -0.352 e. The third kappa shape index (κ3) is 5.13. The van der Waals surface area contributed by atoms with Crippen LogP contribution < -0.4 is 5.32 Å². The van der Waals surface area contributed by atoms with Gasteiger partial charge >= 0.3 is 6.18 Å². The Hall–Kier alpha value is -3.62. The molecule has 1 fully saturated rings. The largest absolute Gasteiger partial charge is 0.416 e. The number of aryl methyl sites for hydroxylation is 2. The van der Waals surface area contributed by atoms with Gasteiger partial charge in [-0.3, -0.25) is 9.59 Å². The first-order chi connectivity index (χ1) is 16.1. The second-order valence-electron chi connectivity index (χ2n) is 8.56. The van der Waals surface area contributed by atoms with Gasteiger partial charge in [0.1, 0.15) is 0 Å². The first kappa shape index (κ1) is 23.5. The quantitative estimate of drug-likeness (QED) is 0.588. The molecule has 0 saturated carbocycles. The molecule has 4 rings (SSSR count). The molecule has 1 aromatic heterocycles.